The Morgan fingerprint density at radius 2 is 1.96 bits per heavy atom. The molecule has 23 heavy (non-hydrogen) atoms. The zero-order valence-electron chi connectivity index (χ0n) is 12.9. The van der Waals surface area contributed by atoms with E-state index < -0.39 is 0 Å². The van der Waals surface area contributed by atoms with Crippen LogP contribution in [0.3, 0.4) is 0 Å². The molecule has 0 unspecified atom stereocenters. The summed E-state index contributed by atoms with van der Waals surface area (Å²) in [6.45, 7) is 0. The molecular formula is C17H16N4O2. The molecule has 6 heteroatoms. The van der Waals surface area contributed by atoms with Crippen molar-refractivity contribution in [1.29, 1.82) is 0 Å². The van der Waals surface area contributed by atoms with Gasteiger partial charge in [0, 0.05) is 37.6 Å². The van der Waals surface area contributed by atoms with Crippen LogP contribution in [0.25, 0.3) is 10.9 Å². The number of rotatable bonds is 1. The van der Waals surface area contributed by atoms with E-state index in [2.05, 4.69) is 10.4 Å². The molecular weight excluding hydrogens is 292 g/mol. The zero-order valence-corrected chi connectivity index (χ0v) is 12.9. The van der Waals surface area contributed by atoms with E-state index in [0.29, 0.717) is 11.4 Å². The fourth-order valence-electron chi connectivity index (χ4n) is 3.32. The van der Waals surface area contributed by atoms with Crippen LogP contribution >= 0.6 is 0 Å². The highest BCUT2D eigenvalue weighted by molar-refractivity contribution is 5.94. The Morgan fingerprint density at radius 1 is 1.17 bits per heavy atom. The average Bonchev–Trinajstić information content (AvgIpc) is 2.91. The third-order valence-corrected chi connectivity index (χ3v) is 4.53. The maximum atomic E-state index is 12.8. The minimum absolute atomic E-state index is 0.0711. The molecule has 116 valence electrons. The van der Waals surface area contributed by atoms with Crippen molar-refractivity contribution in [2.75, 3.05) is 5.32 Å². The van der Waals surface area contributed by atoms with E-state index in [9.17, 15) is 9.59 Å². The van der Waals surface area contributed by atoms with Crippen molar-refractivity contribution in [3.05, 3.63) is 58.0 Å². The smallest absolute Gasteiger partial charge is 0.254 e. The third kappa shape index (κ3) is 1.98. The first-order valence-corrected chi connectivity index (χ1v) is 7.46. The summed E-state index contributed by atoms with van der Waals surface area (Å²) in [5, 5.41) is 8.03. The van der Waals surface area contributed by atoms with Crippen LogP contribution in [0.2, 0.25) is 0 Å². The number of nitrogens with zero attached hydrogens (tertiary/aromatic N) is 3. The summed E-state index contributed by atoms with van der Waals surface area (Å²) >= 11 is 0. The largest absolute Gasteiger partial charge is 0.311 e. The highest BCUT2D eigenvalue weighted by Crippen LogP contribution is 2.36. The van der Waals surface area contributed by atoms with Crippen LogP contribution < -0.4 is 10.9 Å². The van der Waals surface area contributed by atoms with Crippen molar-refractivity contribution in [1.82, 2.24) is 14.3 Å². The minimum atomic E-state index is -0.268. The number of anilines is 1. The van der Waals surface area contributed by atoms with Crippen molar-refractivity contribution in [2.45, 2.75) is 12.3 Å². The highest BCUT2D eigenvalue weighted by Gasteiger charge is 2.31. The highest BCUT2D eigenvalue weighted by atomic mass is 16.2. The first-order valence-electron chi connectivity index (χ1n) is 7.46. The van der Waals surface area contributed by atoms with Crippen LogP contribution in [0.1, 0.15) is 23.5 Å². The number of benzene rings is 1. The van der Waals surface area contributed by atoms with Gasteiger partial charge in [0.1, 0.15) is 5.82 Å². The van der Waals surface area contributed by atoms with Gasteiger partial charge in [-0.3, -0.25) is 14.3 Å². The van der Waals surface area contributed by atoms with Gasteiger partial charge >= 0.3 is 0 Å². The molecule has 0 saturated carbocycles. The van der Waals surface area contributed by atoms with Crippen LogP contribution in [0, 0.1) is 0 Å². The monoisotopic (exact) mass is 308 g/mol. The number of nitrogens with one attached hydrogen (secondary N) is 1. The number of carbonyl (C=O) groups excluding carboxylic acids is 1. The van der Waals surface area contributed by atoms with Crippen molar-refractivity contribution in [3.63, 3.8) is 0 Å². The SMILES string of the molecule is Cn1ncc2c1NC(=O)C[C@@H]2c1cc2ccccc2n(C)c1=O. The van der Waals surface area contributed by atoms with Gasteiger partial charge in [-0.2, -0.15) is 5.10 Å². The number of hydrogen-bond acceptors (Lipinski definition) is 3. The number of pyridine rings is 1. The predicted molar refractivity (Wildman–Crippen MR) is 87.5 cm³/mol. The molecule has 3 heterocycles. The number of carbonyl (C=O) groups is 1. The molecule has 3 aromatic rings. The predicted octanol–water partition coefficient (Wildman–Crippen LogP) is 1.75. The van der Waals surface area contributed by atoms with Crippen LogP contribution in [-0.2, 0) is 18.9 Å². The Balaban J connectivity index is 1.98. The first-order chi connectivity index (χ1) is 11.1. The van der Waals surface area contributed by atoms with Gasteiger partial charge in [0.25, 0.3) is 5.56 Å². The first kappa shape index (κ1) is 13.8. The molecule has 0 bridgehead atoms. The van der Waals surface area contributed by atoms with Crippen molar-refractivity contribution >= 4 is 22.6 Å². The van der Waals surface area contributed by atoms with Crippen LogP contribution in [0.5, 0.6) is 0 Å². The Bertz CT molecular complexity index is 999. The summed E-state index contributed by atoms with van der Waals surface area (Å²) < 4.78 is 3.28. The van der Waals surface area contributed by atoms with Gasteiger partial charge < -0.3 is 9.88 Å². The summed E-state index contributed by atoms with van der Waals surface area (Å²) in [5.74, 6) is 0.304. The summed E-state index contributed by atoms with van der Waals surface area (Å²) in [6, 6.07) is 9.65. The lowest BCUT2D eigenvalue weighted by molar-refractivity contribution is -0.116. The summed E-state index contributed by atoms with van der Waals surface area (Å²) in [7, 11) is 3.54. The van der Waals surface area contributed by atoms with Crippen molar-refractivity contribution in [3.8, 4) is 0 Å². The lowest BCUT2D eigenvalue weighted by Crippen LogP contribution is -2.30. The molecule has 0 radical (unpaired) electrons. The van der Waals surface area contributed by atoms with Gasteiger partial charge in [-0.05, 0) is 17.5 Å². The molecule has 1 atom stereocenters. The zero-order chi connectivity index (χ0) is 16.1. The molecule has 0 saturated heterocycles. The van der Waals surface area contributed by atoms with Crippen LogP contribution in [-0.4, -0.2) is 20.3 Å². The van der Waals surface area contributed by atoms with E-state index in [4.69, 9.17) is 0 Å². The second-order valence-corrected chi connectivity index (χ2v) is 5.90. The second kappa shape index (κ2) is 4.81. The molecule has 1 N–H and O–H groups in total. The molecule has 1 aliphatic rings. The lowest BCUT2D eigenvalue weighted by atomic mass is 9.87. The molecule has 0 spiro atoms. The average molecular weight is 308 g/mol. The number of amides is 1. The molecule has 6 nitrogen and oxygen atoms in total. The maximum absolute atomic E-state index is 12.8. The fourth-order valence-corrected chi connectivity index (χ4v) is 3.32. The summed E-state index contributed by atoms with van der Waals surface area (Å²) in [4.78, 5) is 24.9. The molecule has 0 fully saturated rings. The lowest BCUT2D eigenvalue weighted by Gasteiger charge is -2.23. The van der Waals surface area contributed by atoms with Crippen molar-refractivity contribution < 1.29 is 4.79 Å². The Hall–Kier alpha value is -2.89. The molecule has 1 aliphatic heterocycles. The van der Waals surface area contributed by atoms with Crippen LogP contribution in [0.15, 0.2) is 41.3 Å². The molecule has 1 aromatic carbocycles. The van der Waals surface area contributed by atoms with Crippen LogP contribution in [0.4, 0.5) is 5.82 Å². The summed E-state index contributed by atoms with van der Waals surface area (Å²) in [6.07, 6.45) is 1.99. The Morgan fingerprint density at radius 3 is 2.78 bits per heavy atom. The number of fused-ring (bicyclic) bond motifs is 2. The number of hydrogen-bond donors (Lipinski definition) is 1. The standard InChI is InChI=1S/C17H16N4O2/c1-20-14-6-4-3-5-10(14)7-12(17(20)23)11-8-15(22)19-16-13(11)9-18-21(16)2/h3-7,9,11H,8H2,1-2H3,(H,19,22)/t11-/m1/s1. The van der Waals surface area contributed by atoms with Gasteiger partial charge in [0.2, 0.25) is 5.91 Å². The van der Waals surface area contributed by atoms with Gasteiger partial charge in [-0.25, -0.2) is 0 Å². The number of aromatic nitrogens is 3. The topological polar surface area (TPSA) is 68.9 Å². The second-order valence-electron chi connectivity index (χ2n) is 5.90. The summed E-state index contributed by atoms with van der Waals surface area (Å²) in [5.41, 5.74) is 2.33. The molecule has 1 amide bonds. The van der Waals surface area contributed by atoms with Gasteiger partial charge in [-0.15, -0.1) is 0 Å². The van der Waals surface area contributed by atoms with E-state index >= 15 is 0 Å². The Labute approximate surface area is 132 Å². The van der Waals surface area contributed by atoms with Crippen molar-refractivity contribution in [2.24, 2.45) is 14.1 Å². The van der Waals surface area contributed by atoms with E-state index in [-0.39, 0.29) is 23.8 Å². The van der Waals surface area contributed by atoms with E-state index in [0.717, 1.165) is 16.5 Å². The Kier molecular flexibility index (Phi) is 2.87. The van der Waals surface area contributed by atoms with Gasteiger partial charge in [0.15, 0.2) is 0 Å². The minimum Gasteiger partial charge on any atom is -0.311 e. The molecule has 4 rings (SSSR count). The van der Waals surface area contributed by atoms with Gasteiger partial charge in [-0.1, -0.05) is 18.2 Å². The van der Waals surface area contributed by atoms with E-state index in [1.165, 1.54) is 0 Å². The number of aryl methyl sites for hydroxylation is 2. The fraction of sp³-hybridized carbons (Fsp3) is 0.235. The molecule has 2 aromatic heterocycles. The maximum Gasteiger partial charge on any atom is 0.254 e. The van der Waals surface area contributed by atoms with Gasteiger partial charge in [0.05, 0.1) is 11.7 Å². The quantitative estimate of drug-likeness (QED) is 0.744. The van der Waals surface area contributed by atoms with E-state index in [1.54, 1.807) is 29.5 Å². The third-order valence-electron chi connectivity index (χ3n) is 4.53. The molecule has 0 aliphatic carbocycles. The normalized spacial score (nSPS) is 17.1. The van der Waals surface area contributed by atoms with E-state index in [1.807, 2.05) is 30.3 Å². The number of para-hydroxylation sites is 1.